The fourth-order valence-electron chi connectivity index (χ4n) is 5.28. The van der Waals surface area contributed by atoms with Crippen molar-refractivity contribution in [3.05, 3.63) is 65.3 Å². The standard InChI is InChI=1S/C29H24ClN7OS/c30-24-12-11-23(39-24)19-7-4-8-21-25(19)35-28(34-21)27-26-22(36-37-27)10-9-20(33-26)17-13-18(15-31-14-17)32-29(38)16-5-2-1-3-6-16/h4,7-16H,1-3,5-6H2,(H,32,38)(H,34,35)(H,36,37). The van der Waals surface area contributed by atoms with E-state index in [1.807, 2.05) is 48.5 Å². The molecular weight excluding hydrogens is 530 g/mol. The number of rotatable bonds is 5. The molecule has 0 aliphatic heterocycles. The van der Waals surface area contributed by atoms with Gasteiger partial charge in [-0.05, 0) is 49.2 Å². The predicted octanol–water partition coefficient (Wildman–Crippen LogP) is 7.46. The van der Waals surface area contributed by atoms with Crippen molar-refractivity contribution in [1.29, 1.82) is 0 Å². The van der Waals surface area contributed by atoms with Crippen LogP contribution in [0.2, 0.25) is 4.34 Å². The monoisotopic (exact) mass is 553 g/mol. The minimum atomic E-state index is 0.0725. The Kier molecular flexibility index (Phi) is 6.09. The SMILES string of the molecule is O=C(Nc1cncc(-c2ccc3[nH]nc(-c4nc5c(-c6ccc(Cl)s6)cccc5[nH]4)c3n2)c1)C1CCCCC1. The number of hydrogen-bond donors (Lipinski definition) is 3. The molecule has 39 heavy (non-hydrogen) atoms. The second-order valence-corrected chi connectivity index (χ2v) is 11.6. The van der Waals surface area contributed by atoms with Gasteiger partial charge in [0.1, 0.15) is 5.52 Å². The highest BCUT2D eigenvalue weighted by Crippen LogP contribution is 2.36. The molecule has 5 aromatic heterocycles. The zero-order valence-corrected chi connectivity index (χ0v) is 22.4. The van der Waals surface area contributed by atoms with Crippen LogP contribution in [0.1, 0.15) is 32.1 Å². The Morgan fingerprint density at radius 1 is 0.974 bits per heavy atom. The number of nitrogens with one attached hydrogen (secondary N) is 3. The van der Waals surface area contributed by atoms with Crippen LogP contribution in [0.25, 0.3) is 55.3 Å². The topological polar surface area (TPSA) is 112 Å². The number of H-pyrrole nitrogens is 2. The number of carbonyl (C=O) groups excluding carboxylic acids is 1. The van der Waals surface area contributed by atoms with E-state index in [0.29, 0.717) is 22.7 Å². The Hall–Kier alpha value is -4.08. The number of pyridine rings is 2. The summed E-state index contributed by atoms with van der Waals surface area (Å²) in [5.74, 6) is 0.775. The number of nitrogens with zero attached hydrogens (tertiary/aromatic N) is 4. The highest BCUT2D eigenvalue weighted by molar-refractivity contribution is 7.19. The fraction of sp³-hybridized carbons (Fsp3) is 0.207. The first-order chi connectivity index (χ1) is 19.1. The third-order valence-corrected chi connectivity index (χ3v) is 8.53. The summed E-state index contributed by atoms with van der Waals surface area (Å²) >= 11 is 7.71. The molecular formula is C29H24ClN7OS. The number of imidazole rings is 1. The van der Waals surface area contributed by atoms with Crippen molar-refractivity contribution in [1.82, 2.24) is 30.1 Å². The average molecular weight is 554 g/mol. The van der Waals surface area contributed by atoms with Crippen LogP contribution in [0.15, 0.2) is 60.9 Å². The number of aromatic amines is 2. The Labute approximate surface area is 232 Å². The van der Waals surface area contributed by atoms with Crippen LogP contribution < -0.4 is 5.32 Å². The third kappa shape index (κ3) is 4.57. The molecule has 194 valence electrons. The second kappa shape index (κ2) is 9.91. The van der Waals surface area contributed by atoms with Gasteiger partial charge < -0.3 is 10.3 Å². The summed E-state index contributed by atoms with van der Waals surface area (Å²) in [7, 11) is 0. The van der Waals surface area contributed by atoms with Gasteiger partial charge in [0.05, 0.1) is 38.5 Å². The van der Waals surface area contributed by atoms with Gasteiger partial charge in [0.25, 0.3) is 0 Å². The number of aromatic nitrogens is 6. The van der Waals surface area contributed by atoms with Gasteiger partial charge in [-0.1, -0.05) is 43.0 Å². The molecule has 0 bridgehead atoms. The Morgan fingerprint density at radius 2 is 1.87 bits per heavy atom. The molecule has 0 saturated heterocycles. The molecule has 8 nitrogen and oxygen atoms in total. The van der Waals surface area contributed by atoms with Crippen LogP contribution in [0.4, 0.5) is 5.69 Å². The molecule has 1 aromatic carbocycles. The summed E-state index contributed by atoms with van der Waals surface area (Å²) in [6.07, 6.45) is 8.77. The Morgan fingerprint density at radius 3 is 2.72 bits per heavy atom. The van der Waals surface area contributed by atoms with Crippen molar-refractivity contribution >= 4 is 56.6 Å². The van der Waals surface area contributed by atoms with Gasteiger partial charge in [-0.2, -0.15) is 5.10 Å². The van der Waals surface area contributed by atoms with Gasteiger partial charge >= 0.3 is 0 Å². The van der Waals surface area contributed by atoms with Crippen molar-refractivity contribution in [2.24, 2.45) is 5.92 Å². The molecule has 5 heterocycles. The van der Waals surface area contributed by atoms with Crippen molar-refractivity contribution in [2.75, 3.05) is 5.32 Å². The van der Waals surface area contributed by atoms with Gasteiger partial charge in [-0.25, -0.2) is 9.97 Å². The number of hydrogen-bond acceptors (Lipinski definition) is 6. The minimum Gasteiger partial charge on any atom is -0.336 e. The molecule has 0 atom stereocenters. The van der Waals surface area contributed by atoms with E-state index in [0.717, 1.165) is 68.3 Å². The van der Waals surface area contributed by atoms with E-state index in [2.05, 4.69) is 25.5 Å². The highest BCUT2D eigenvalue weighted by atomic mass is 35.5. The molecule has 1 saturated carbocycles. The van der Waals surface area contributed by atoms with Gasteiger partial charge in [0, 0.05) is 28.1 Å². The first-order valence-corrected chi connectivity index (χ1v) is 14.2. The molecule has 0 unspecified atom stereocenters. The van der Waals surface area contributed by atoms with Gasteiger partial charge in [-0.3, -0.25) is 14.9 Å². The first kappa shape index (κ1) is 24.0. The summed E-state index contributed by atoms with van der Waals surface area (Å²) in [6.45, 7) is 0. The lowest BCUT2D eigenvalue weighted by atomic mass is 9.88. The maximum atomic E-state index is 12.8. The van der Waals surface area contributed by atoms with Crippen LogP contribution in [-0.4, -0.2) is 36.0 Å². The average Bonchev–Trinajstić information content (AvgIpc) is 3.71. The number of carbonyl (C=O) groups is 1. The van der Waals surface area contributed by atoms with Crippen LogP contribution in [0.5, 0.6) is 0 Å². The van der Waals surface area contributed by atoms with Crippen molar-refractivity contribution in [3.63, 3.8) is 0 Å². The van der Waals surface area contributed by atoms with E-state index in [1.54, 1.807) is 12.4 Å². The highest BCUT2D eigenvalue weighted by Gasteiger charge is 2.22. The fourth-order valence-corrected chi connectivity index (χ4v) is 6.35. The molecule has 1 fully saturated rings. The molecule has 7 rings (SSSR count). The molecule has 1 aliphatic carbocycles. The maximum absolute atomic E-state index is 12.8. The lowest BCUT2D eigenvalue weighted by molar-refractivity contribution is -0.120. The molecule has 6 aromatic rings. The van der Waals surface area contributed by atoms with Crippen LogP contribution in [0, 0.1) is 5.92 Å². The van der Waals surface area contributed by atoms with Crippen LogP contribution in [-0.2, 0) is 4.79 Å². The van der Waals surface area contributed by atoms with Gasteiger partial charge in [-0.15, -0.1) is 11.3 Å². The molecule has 1 aliphatic rings. The number of amides is 1. The predicted molar refractivity (Wildman–Crippen MR) is 156 cm³/mol. The second-order valence-electron chi connectivity index (χ2n) is 9.84. The molecule has 10 heteroatoms. The van der Waals surface area contributed by atoms with Crippen molar-refractivity contribution in [2.45, 2.75) is 32.1 Å². The minimum absolute atomic E-state index is 0.0725. The Bertz CT molecular complexity index is 1830. The number of anilines is 1. The Balaban J connectivity index is 1.22. The van der Waals surface area contributed by atoms with E-state index in [9.17, 15) is 4.79 Å². The first-order valence-electron chi connectivity index (χ1n) is 13.0. The van der Waals surface area contributed by atoms with Gasteiger partial charge in [0.2, 0.25) is 5.91 Å². The lowest BCUT2D eigenvalue weighted by Gasteiger charge is -2.20. The van der Waals surface area contributed by atoms with Gasteiger partial charge in [0.15, 0.2) is 11.5 Å². The lowest BCUT2D eigenvalue weighted by Crippen LogP contribution is -2.24. The smallest absolute Gasteiger partial charge is 0.227 e. The largest absolute Gasteiger partial charge is 0.336 e. The van der Waals surface area contributed by atoms with E-state index in [1.165, 1.54) is 17.8 Å². The van der Waals surface area contributed by atoms with Crippen LogP contribution >= 0.6 is 22.9 Å². The normalized spacial score (nSPS) is 14.3. The zero-order chi connectivity index (χ0) is 26.3. The molecule has 1 amide bonds. The third-order valence-electron chi connectivity index (χ3n) is 7.26. The molecule has 0 radical (unpaired) electrons. The summed E-state index contributed by atoms with van der Waals surface area (Å²) in [4.78, 5) is 31.4. The summed E-state index contributed by atoms with van der Waals surface area (Å²) < 4.78 is 0.736. The van der Waals surface area contributed by atoms with E-state index in [4.69, 9.17) is 21.6 Å². The number of thiophene rings is 1. The zero-order valence-electron chi connectivity index (χ0n) is 20.9. The van der Waals surface area contributed by atoms with Crippen LogP contribution in [0.3, 0.4) is 0 Å². The van der Waals surface area contributed by atoms with E-state index >= 15 is 0 Å². The molecule has 0 spiro atoms. The maximum Gasteiger partial charge on any atom is 0.227 e. The molecule has 3 N–H and O–H groups in total. The van der Waals surface area contributed by atoms with Crippen molar-refractivity contribution in [3.8, 4) is 33.2 Å². The number of fused-ring (bicyclic) bond motifs is 2. The summed E-state index contributed by atoms with van der Waals surface area (Å²) in [5.41, 5.74) is 7.12. The van der Waals surface area contributed by atoms with E-state index < -0.39 is 0 Å². The number of halogens is 1. The number of benzene rings is 1. The van der Waals surface area contributed by atoms with E-state index in [-0.39, 0.29) is 11.8 Å². The quantitative estimate of drug-likeness (QED) is 0.205. The summed E-state index contributed by atoms with van der Waals surface area (Å²) in [5, 5.41) is 10.7. The number of para-hydroxylation sites is 1. The van der Waals surface area contributed by atoms with Crippen molar-refractivity contribution < 1.29 is 4.79 Å². The summed E-state index contributed by atoms with van der Waals surface area (Å²) in [6, 6.07) is 15.7.